The lowest BCUT2D eigenvalue weighted by Crippen LogP contribution is -2.09. The molecule has 1 aromatic heterocycles. The van der Waals surface area contributed by atoms with Crippen LogP contribution in [0.1, 0.15) is 44.8 Å². The Hall–Kier alpha value is -1.30. The highest BCUT2D eigenvalue weighted by atomic mass is 15.1. The van der Waals surface area contributed by atoms with Crippen molar-refractivity contribution in [3.8, 4) is 6.07 Å². The molecule has 0 saturated carbocycles. The third kappa shape index (κ3) is 1.72. The zero-order valence-corrected chi connectivity index (χ0v) is 8.41. The van der Waals surface area contributed by atoms with Crippen LogP contribution >= 0.6 is 0 Å². The molecule has 0 aliphatic carbocycles. The van der Waals surface area contributed by atoms with E-state index in [2.05, 4.69) is 31.8 Å². The first-order valence-electron chi connectivity index (χ1n) is 4.70. The number of hydrogen-bond donors (Lipinski definition) is 0. The standard InChI is InChI=1S/C10H15N3/c1-4-8(3)13-9(6-11)7-12-10(13)5-2/h7-8H,4-5H2,1-3H3. The molecule has 0 aliphatic heterocycles. The van der Waals surface area contributed by atoms with E-state index in [9.17, 15) is 0 Å². The van der Waals surface area contributed by atoms with Crippen LogP contribution in [0.2, 0.25) is 0 Å². The number of rotatable bonds is 3. The maximum atomic E-state index is 8.86. The van der Waals surface area contributed by atoms with Crippen LogP contribution < -0.4 is 0 Å². The molecule has 1 aromatic rings. The molecule has 0 fully saturated rings. The minimum absolute atomic E-state index is 0.368. The van der Waals surface area contributed by atoms with Crippen molar-refractivity contribution < 1.29 is 0 Å². The highest BCUT2D eigenvalue weighted by Gasteiger charge is 2.12. The van der Waals surface area contributed by atoms with Gasteiger partial charge in [0.2, 0.25) is 0 Å². The van der Waals surface area contributed by atoms with E-state index >= 15 is 0 Å². The van der Waals surface area contributed by atoms with Gasteiger partial charge in [-0.1, -0.05) is 13.8 Å². The minimum Gasteiger partial charge on any atom is -0.317 e. The van der Waals surface area contributed by atoms with Crippen molar-refractivity contribution in [1.29, 1.82) is 5.26 Å². The van der Waals surface area contributed by atoms with Gasteiger partial charge in [0.15, 0.2) is 0 Å². The lowest BCUT2D eigenvalue weighted by Gasteiger charge is -2.14. The Kier molecular flexibility index (Phi) is 3.07. The summed E-state index contributed by atoms with van der Waals surface area (Å²) in [6.45, 7) is 6.29. The average molecular weight is 177 g/mol. The first kappa shape index (κ1) is 9.79. The summed E-state index contributed by atoms with van der Waals surface area (Å²) in [5, 5.41) is 8.86. The highest BCUT2D eigenvalue weighted by Crippen LogP contribution is 2.16. The molecule has 3 nitrogen and oxygen atoms in total. The molecule has 13 heavy (non-hydrogen) atoms. The molecule has 0 aromatic carbocycles. The van der Waals surface area contributed by atoms with Gasteiger partial charge in [-0.15, -0.1) is 0 Å². The number of nitrogens with zero attached hydrogens (tertiary/aromatic N) is 3. The summed E-state index contributed by atoms with van der Waals surface area (Å²) in [6.07, 6.45) is 3.56. The second kappa shape index (κ2) is 4.08. The normalized spacial score (nSPS) is 12.5. The maximum Gasteiger partial charge on any atom is 0.140 e. The number of nitriles is 1. The Balaban J connectivity index is 3.14. The van der Waals surface area contributed by atoms with Gasteiger partial charge in [-0.25, -0.2) is 4.98 Å². The number of hydrogen-bond acceptors (Lipinski definition) is 2. The summed E-state index contributed by atoms with van der Waals surface area (Å²) in [7, 11) is 0. The lowest BCUT2D eigenvalue weighted by atomic mass is 10.2. The fourth-order valence-corrected chi connectivity index (χ4v) is 1.42. The van der Waals surface area contributed by atoms with Crippen molar-refractivity contribution in [2.45, 2.75) is 39.7 Å². The summed E-state index contributed by atoms with van der Waals surface area (Å²) in [6, 6.07) is 2.53. The van der Waals surface area contributed by atoms with Gasteiger partial charge in [-0.3, -0.25) is 0 Å². The Morgan fingerprint density at radius 2 is 2.31 bits per heavy atom. The van der Waals surface area contributed by atoms with Gasteiger partial charge < -0.3 is 4.57 Å². The van der Waals surface area contributed by atoms with Gasteiger partial charge in [-0.05, 0) is 13.3 Å². The Bertz CT molecular complexity index is 319. The molecule has 0 saturated heterocycles. The fourth-order valence-electron chi connectivity index (χ4n) is 1.42. The molecule has 0 bridgehead atoms. The smallest absolute Gasteiger partial charge is 0.140 e. The second-order valence-corrected chi connectivity index (χ2v) is 3.15. The largest absolute Gasteiger partial charge is 0.317 e. The topological polar surface area (TPSA) is 41.6 Å². The van der Waals surface area contributed by atoms with Crippen LogP contribution in [0.15, 0.2) is 6.20 Å². The van der Waals surface area contributed by atoms with E-state index in [-0.39, 0.29) is 0 Å². The monoisotopic (exact) mass is 177 g/mol. The summed E-state index contributed by atoms with van der Waals surface area (Å²) >= 11 is 0. The van der Waals surface area contributed by atoms with Crippen molar-refractivity contribution in [1.82, 2.24) is 9.55 Å². The maximum absolute atomic E-state index is 8.86. The fraction of sp³-hybridized carbons (Fsp3) is 0.600. The highest BCUT2D eigenvalue weighted by molar-refractivity contribution is 5.21. The summed E-state index contributed by atoms with van der Waals surface area (Å²) in [5.41, 5.74) is 0.672. The minimum atomic E-state index is 0.368. The van der Waals surface area contributed by atoms with Crippen molar-refractivity contribution in [2.24, 2.45) is 0 Å². The van der Waals surface area contributed by atoms with Crippen LogP contribution in [0.3, 0.4) is 0 Å². The van der Waals surface area contributed by atoms with E-state index in [1.165, 1.54) is 0 Å². The van der Waals surface area contributed by atoms with Crippen LogP contribution in [0.4, 0.5) is 0 Å². The SMILES string of the molecule is CCc1ncc(C#N)n1C(C)CC. The first-order valence-corrected chi connectivity index (χ1v) is 4.70. The van der Waals surface area contributed by atoms with Crippen molar-refractivity contribution in [3.63, 3.8) is 0 Å². The van der Waals surface area contributed by atoms with Gasteiger partial charge >= 0.3 is 0 Å². The van der Waals surface area contributed by atoms with E-state index in [1.807, 2.05) is 4.57 Å². The molecule has 0 spiro atoms. The van der Waals surface area contributed by atoms with Gasteiger partial charge in [0.1, 0.15) is 17.6 Å². The average Bonchev–Trinajstić information content (AvgIpc) is 2.59. The predicted molar refractivity (Wildman–Crippen MR) is 51.3 cm³/mol. The molecule has 0 aliphatic rings. The summed E-state index contributed by atoms with van der Waals surface area (Å²) in [5.74, 6) is 1.01. The van der Waals surface area contributed by atoms with E-state index in [4.69, 9.17) is 5.26 Å². The van der Waals surface area contributed by atoms with Gasteiger partial charge in [-0.2, -0.15) is 5.26 Å². The van der Waals surface area contributed by atoms with Gasteiger partial charge in [0.25, 0.3) is 0 Å². The first-order chi connectivity index (χ1) is 6.24. The van der Waals surface area contributed by atoms with E-state index < -0.39 is 0 Å². The van der Waals surface area contributed by atoms with Gasteiger partial charge in [0.05, 0.1) is 6.20 Å². The Morgan fingerprint density at radius 3 is 2.77 bits per heavy atom. The Labute approximate surface area is 79.0 Å². The third-order valence-corrected chi connectivity index (χ3v) is 2.34. The molecular formula is C10H15N3. The van der Waals surface area contributed by atoms with Crippen molar-refractivity contribution in [2.75, 3.05) is 0 Å². The van der Waals surface area contributed by atoms with Crippen LogP contribution in [0.5, 0.6) is 0 Å². The van der Waals surface area contributed by atoms with Crippen LogP contribution in [-0.4, -0.2) is 9.55 Å². The van der Waals surface area contributed by atoms with Crippen LogP contribution in [0, 0.1) is 11.3 Å². The lowest BCUT2D eigenvalue weighted by molar-refractivity contribution is 0.506. The zero-order chi connectivity index (χ0) is 9.84. The summed E-state index contributed by atoms with van der Waals surface area (Å²) in [4.78, 5) is 4.21. The number of imidazole rings is 1. The molecule has 0 amide bonds. The molecule has 3 heteroatoms. The van der Waals surface area contributed by atoms with Crippen molar-refractivity contribution in [3.05, 3.63) is 17.7 Å². The quantitative estimate of drug-likeness (QED) is 0.710. The van der Waals surface area contributed by atoms with Gasteiger partial charge in [0, 0.05) is 12.5 Å². The summed E-state index contributed by atoms with van der Waals surface area (Å²) < 4.78 is 2.03. The van der Waals surface area contributed by atoms with E-state index in [0.717, 1.165) is 18.7 Å². The molecule has 1 rings (SSSR count). The Morgan fingerprint density at radius 1 is 1.62 bits per heavy atom. The van der Waals surface area contributed by atoms with Crippen LogP contribution in [-0.2, 0) is 6.42 Å². The molecule has 70 valence electrons. The van der Waals surface area contributed by atoms with Crippen LogP contribution in [0.25, 0.3) is 0 Å². The third-order valence-electron chi connectivity index (χ3n) is 2.34. The number of aromatic nitrogens is 2. The predicted octanol–water partition coefficient (Wildman–Crippen LogP) is 2.29. The molecule has 1 atom stereocenters. The number of aryl methyl sites for hydroxylation is 1. The molecule has 1 unspecified atom stereocenters. The second-order valence-electron chi connectivity index (χ2n) is 3.15. The molecule has 1 heterocycles. The van der Waals surface area contributed by atoms with E-state index in [1.54, 1.807) is 6.20 Å². The molecule has 0 N–H and O–H groups in total. The zero-order valence-electron chi connectivity index (χ0n) is 8.41. The molecular weight excluding hydrogens is 162 g/mol. The van der Waals surface area contributed by atoms with E-state index in [0.29, 0.717) is 11.7 Å². The van der Waals surface area contributed by atoms with Crippen molar-refractivity contribution >= 4 is 0 Å². The molecule has 0 radical (unpaired) electrons.